The lowest BCUT2D eigenvalue weighted by atomic mass is 9.93. The van der Waals surface area contributed by atoms with E-state index < -0.39 is 0 Å². The van der Waals surface area contributed by atoms with Gasteiger partial charge in [0.05, 0.1) is 0 Å². The van der Waals surface area contributed by atoms with Crippen molar-refractivity contribution >= 4 is 59.3 Å². The van der Waals surface area contributed by atoms with Gasteiger partial charge >= 0.3 is 0 Å². The zero-order valence-corrected chi connectivity index (χ0v) is 31.9. The molecule has 0 amide bonds. The lowest BCUT2D eigenvalue weighted by molar-refractivity contribution is 0.669. The Kier molecular flexibility index (Phi) is 10.5. The highest BCUT2D eigenvalue weighted by atomic mass is 32.1. The molecule has 0 aliphatic carbocycles. The number of hydrogen-bond acceptors (Lipinski definition) is 4. The SMILES string of the molecule is Cc1ccccc1.N=C(N)c1cccc2oc3ccc(-c4ccc(-c5ccccc5-c5ccccc5)cc4)cc3c12.NCc1cccc2sc3ccccc3c12. The molecular formula is C51H41N3OS. The molecule has 5 heteroatoms. The molecule has 10 aromatic rings. The Morgan fingerprint density at radius 2 is 1.11 bits per heavy atom. The van der Waals surface area contributed by atoms with Gasteiger partial charge in [-0.2, -0.15) is 0 Å². The van der Waals surface area contributed by atoms with E-state index in [1.807, 2.05) is 59.9 Å². The minimum absolute atomic E-state index is 0.0418. The molecule has 5 N–H and O–H groups in total. The Hall–Kier alpha value is -6.79. The van der Waals surface area contributed by atoms with Crippen molar-refractivity contribution in [1.29, 1.82) is 5.41 Å². The van der Waals surface area contributed by atoms with Gasteiger partial charge in [-0.1, -0.05) is 163 Å². The van der Waals surface area contributed by atoms with Crippen LogP contribution in [0.5, 0.6) is 0 Å². The number of rotatable bonds is 5. The molecule has 4 nitrogen and oxygen atoms in total. The number of nitrogen functional groups attached to an aromatic ring is 1. The standard InChI is InChI=1S/C31H22N2O.C13H11NS.C7H8/c32-31(33)26-11-6-12-29-30(26)27-19-23(17-18-28(27)34-29)20-13-15-22(16-14-20)25-10-5-4-9-24(25)21-7-2-1-3-8-21;14-8-9-4-3-7-12-13(9)10-5-1-2-6-11(10)15-12;1-7-5-3-2-4-6-7/h1-19H,(H3,32,33);1-7H,8,14H2;2-6H,1H3. The lowest BCUT2D eigenvalue weighted by Crippen LogP contribution is -2.11. The number of aryl methyl sites for hydroxylation is 1. The monoisotopic (exact) mass is 743 g/mol. The molecule has 0 unspecified atom stereocenters. The second kappa shape index (κ2) is 16.3. The quantitative estimate of drug-likeness (QED) is 0.121. The van der Waals surface area contributed by atoms with Gasteiger partial charge in [0.15, 0.2) is 0 Å². The van der Waals surface area contributed by atoms with E-state index in [2.05, 4.69) is 146 Å². The fraction of sp³-hybridized carbons (Fsp3) is 0.0392. The third kappa shape index (κ3) is 7.46. The highest BCUT2D eigenvalue weighted by Gasteiger charge is 2.14. The molecule has 0 fully saturated rings. The molecule has 0 aliphatic heterocycles. The first-order chi connectivity index (χ1) is 27.5. The Labute approximate surface area is 330 Å². The molecule has 8 aromatic carbocycles. The van der Waals surface area contributed by atoms with Gasteiger partial charge in [0.2, 0.25) is 0 Å². The molecular weight excluding hydrogens is 703 g/mol. The summed E-state index contributed by atoms with van der Waals surface area (Å²) >= 11 is 1.84. The number of hydrogen-bond donors (Lipinski definition) is 3. The summed E-state index contributed by atoms with van der Waals surface area (Å²) in [7, 11) is 0. The van der Waals surface area contributed by atoms with Gasteiger partial charge in [-0.15, -0.1) is 11.3 Å². The molecule has 272 valence electrons. The summed E-state index contributed by atoms with van der Waals surface area (Å²) in [5.74, 6) is 0.0418. The minimum Gasteiger partial charge on any atom is -0.456 e. The average molecular weight is 744 g/mol. The van der Waals surface area contributed by atoms with Crippen LogP contribution in [0.1, 0.15) is 16.7 Å². The summed E-state index contributed by atoms with van der Waals surface area (Å²) in [5.41, 5.74) is 23.4. The predicted octanol–water partition coefficient (Wildman–Crippen LogP) is 13.4. The first-order valence-corrected chi connectivity index (χ1v) is 19.5. The van der Waals surface area contributed by atoms with E-state index in [1.165, 1.54) is 53.6 Å². The van der Waals surface area contributed by atoms with E-state index in [-0.39, 0.29) is 5.84 Å². The van der Waals surface area contributed by atoms with Crippen molar-refractivity contribution in [3.05, 3.63) is 205 Å². The molecule has 0 bridgehead atoms. The molecule has 2 aromatic heterocycles. The molecule has 2 heterocycles. The fourth-order valence-corrected chi connectivity index (χ4v) is 8.38. The maximum atomic E-state index is 7.97. The maximum Gasteiger partial charge on any atom is 0.136 e. The average Bonchev–Trinajstić information content (AvgIpc) is 3.83. The Balaban J connectivity index is 0.000000163. The topological polar surface area (TPSA) is 89.0 Å². The molecule has 56 heavy (non-hydrogen) atoms. The van der Waals surface area contributed by atoms with Crippen molar-refractivity contribution < 1.29 is 4.42 Å². The lowest BCUT2D eigenvalue weighted by Gasteiger charge is -2.11. The van der Waals surface area contributed by atoms with Crippen molar-refractivity contribution in [3.63, 3.8) is 0 Å². The number of nitrogens with two attached hydrogens (primary N) is 2. The van der Waals surface area contributed by atoms with E-state index >= 15 is 0 Å². The van der Waals surface area contributed by atoms with Crippen LogP contribution < -0.4 is 11.5 Å². The van der Waals surface area contributed by atoms with Gasteiger partial charge < -0.3 is 15.9 Å². The van der Waals surface area contributed by atoms with E-state index in [0.717, 1.165) is 33.1 Å². The third-order valence-corrected chi connectivity index (χ3v) is 11.1. The smallest absolute Gasteiger partial charge is 0.136 e. The number of benzene rings is 8. The van der Waals surface area contributed by atoms with Crippen LogP contribution in [0.25, 0.3) is 75.5 Å². The second-order valence-corrected chi connectivity index (χ2v) is 14.7. The summed E-state index contributed by atoms with van der Waals surface area (Å²) in [4.78, 5) is 0. The first kappa shape index (κ1) is 36.2. The zero-order valence-electron chi connectivity index (χ0n) is 31.1. The molecule has 0 spiro atoms. The van der Waals surface area contributed by atoms with Gasteiger partial charge in [0.1, 0.15) is 17.0 Å². The largest absolute Gasteiger partial charge is 0.456 e. The Morgan fingerprint density at radius 3 is 1.79 bits per heavy atom. The van der Waals surface area contributed by atoms with Crippen molar-refractivity contribution in [2.45, 2.75) is 13.5 Å². The number of thiophene rings is 1. The van der Waals surface area contributed by atoms with Crippen LogP contribution in [0, 0.1) is 12.3 Å². The highest BCUT2D eigenvalue weighted by Crippen LogP contribution is 2.37. The van der Waals surface area contributed by atoms with Crippen LogP contribution in [-0.2, 0) is 6.54 Å². The molecule has 0 aliphatic rings. The van der Waals surface area contributed by atoms with E-state index in [0.29, 0.717) is 12.1 Å². The first-order valence-electron chi connectivity index (χ1n) is 18.6. The van der Waals surface area contributed by atoms with Crippen LogP contribution in [0.4, 0.5) is 0 Å². The van der Waals surface area contributed by atoms with Crippen LogP contribution >= 0.6 is 11.3 Å². The summed E-state index contributed by atoms with van der Waals surface area (Å²) in [6, 6.07) is 64.6. The summed E-state index contributed by atoms with van der Waals surface area (Å²) in [5, 5.41) is 12.5. The van der Waals surface area contributed by atoms with Gasteiger partial charge in [0, 0.05) is 43.1 Å². The number of fused-ring (bicyclic) bond motifs is 6. The van der Waals surface area contributed by atoms with E-state index in [1.54, 1.807) is 0 Å². The van der Waals surface area contributed by atoms with E-state index in [9.17, 15) is 0 Å². The van der Waals surface area contributed by atoms with Crippen LogP contribution in [0.2, 0.25) is 0 Å². The van der Waals surface area contributed by atoms with Gasteiger partial charge in [-0.05, 0) is 76.2 Å². The molecule has 0 atom stereocenters. The summed E-state index contributed by atoms with van der Waals surface area (Å²) in [6.07, 6.45) is 0. The second-order valence-electron chi connectivity index (χ2n) is 13.6. The highest BCUT2D eigenvalue weighted by molar-refractivity contribution is 7.25. The molecule has 0 saturated heterocycles. The molecule has 0 radical (unpaired) electrons. The van der Waals surface area contributed by atoms with Crippen molar-refractivity contribution in [1.82, 2.24) is 0 Å². The van der Waals surface area contributed by atoms with Crippen molar-refractivity contribution in [2.24, 2.45) is 11.5 Å². The molecule has 10 rings (SSSR count). The maximum absolute atomic E-state index is 7.97. The predicted molar refractivity (Wildman–Crippen MR) is 239 cm³/mol. The Bertz CT molecular complexity index is 2930. The van der Waals surface area contributed by atoms with Gasteiger partial charge in [-0.25, -0.2) is 0 Å². The van der Waals surface area contributed by atoms with Gasteiger partial charge in [-0.3, -0.25) is 5.41 Å². The summed E-state index contributed by atoms with van der Waals surface area (Å²) < 4.78 is 8.69. The van der Waals surface area contributed by atoms with Crippen molar-refractivity contribution in [3.8, 4) is 33.4 Å². The fourth-order valence-electron chi connectivity index (χ4n) is 7.23. The minimum atomic E-state index is 0.0418. The van der Waals surface area contributed by atoms with Crippen LogP contribution in [0.3, 0.4) is 0 Å². The third-order valence-electron chi connectivity index (χ3n) is 9.98. The number of nitrogens with one attached hydrogen (secondary N) is 1. The molecule has 0 saturated carbocycles. The van der Waals surface area contributed by atoms with E-state index in [4.69, 9.17) is 21.3 Å². The normalized spacial score (nSPS) is 10.9. The van der Waals surface area contributed by atoms with Crippen LogP contribution in [0.15, 0.2) is 192 Å². The Morgan fingerprint density at radius 1 is 0.518 bits per heavy atom. The zero-order chi connectivity index (χ0) is 38.4. The van der Waals surface area contributed by atoms with Crippen LogP contribution in [-0.4, -0.2) is 5.84 Å². The number of amidine groups is 1. The summed E-state index contributed by atoms with van der Waals surface area (Å²) in [6.45, 7) is 2.69. The number of furan rings is 1. The van der Waals surface area contributed by atoms with Gasteiger partial charge in [0.25, 0.3) is 0 Å². The van der Waals surface area contributed by atoms with Crippen molar-refractivity contribution in [2.75, 3.05) is 0 Å².